The van der Waals surface area contributed by atoms with Gasteiger partial charge in [-0.1, -0.05) is 46.3 Å². The first-order valence-electron chi connectivity index (χ1n) is 7.71. The van der Waals surface area contributed by atoms with Gasteiger partial charge in [-0.25, -0.2) is 9.78 Å². The van der Waals surface area contributed by atoms with E-state index < -0.39 is 5.97 Å². The number of phenolic OH excluding ortho intramolecular Hbond substituents is 1. The lowest BCUT2D eigenvalue weighted by Crippen LogP contribution is -2.00. The van der Waals surface area contributed by atoms with Crippen molar-refractivity contribution in [3.05, 3.63) is 64.6 Å². The number of aromatic amines is 1. The molecule has 0 saturated heterocycles. The molecule has 0 fully saturated rings. The SMILES string of the molecule is O=C(O)c1cc(-c2cc(Br)ccc2O)nc2n[nH]c(-c3ccccc3)c12. The van der Waals surface area contributed by atoms with Gasteiger partial charge in [0, 0.05) is 15.6 Å². The third-order valence-electron chi connectivity index (χ3n) is 4.05. The summed E-state index contributed by atoms with van der Waals surface area (Å²) in [5.74, 6) is -1.08. The molecular formula is C19H12BrN3O3. The Hall–Kier alpha value is -3.19. The van der Waals surface area contributed by atoms with Crippen LogP contribution >= 0.6 is 15.9 Å². The largest absolute Gasteiger partial charge is 0.507 e. The smallest absolute Gasteiger partial charge is 0.336 e. The molecule has 0 aliphatic heterocycles. The van der Waals surface area contributed by atoms with E-state index >= 15 is 0 Å². The quantitative estimate of drug-likeness (QED) is 0.463. The summed E-state index contributed by atoms with van der Waals surface area (Å²) in [5, 5.41) is 27.4. The highest BCUT2D eigenvalue weighted by Crippen LogP contribution is 2.35. The van der Waals surface area contributed by atoms with Crippen LogP contribution in [0, 0.1) is 0 Å². The molecule has 0 aliphatic rings. The Morgan fingerprint density at radius 2 is 1.85 bits per heavy atom. The van der Waals surface area contributed by atoms with E-state index in [2.05, 4.69) is 31.1 Å². The number of fused-ring (bicyclic) bond motifs is 1. The van der Waals surface area contributed by atoms with Crippen LogP contribution in [-0.2, 0) is 0 Å². The normalized spacial score (nSPS) is 11.0. The fourth-order valence-electron chi connectivity index (χ4n) is 2.86. The van der Waals surface area contributed by atoms with Crippen LogP contribution in [0.15, 0.2) is 59.1 Å². The molecule has 2 heterocycles. The van der Waals surface area contributed by atoms with Gasteiger partial charge in [0.2, 0.25) is 0 Å². The lowest BCUT2D eigenvalue weighted by atomic mass is 10.0. The average molecular weight is 410 g/mol. The molecule has 7 heteroatoms. The molecule has 0 radical (unpaired) electrons. The second-order valence-electron chi connectivity index (χ2n) is 5.68. The molecule has 3 N–H and O–H groups in total. The Bertz CT molecular complexity index is 1140. The summed E-state index contributed by atoms with van der Waals surface area (Å²) in [6.07, 6.45) is 0. The second-order valence-corrected chi connectivity index (χ2v) is 6.60. The average Bonchev–Trinajstić information content (AvgIpc) is 3.07. The van der Waals surface area contributed by atoms with Crippen molar-refractivity contribution in [2.75, 3.05) is 0 Å². The van der Waals surface area contributed by atoms with Crippen molar-refractivity contribution < 1.29 is 15.0 Å². The minimum absolute atomic E-state index is 0.00945. The number of benzene rings is 2. The number of aromatic hydroxyl groups is 1. The Kier molecular flexibility index (Phi) is 3.93. The van der Waals surface area contributed by atoms with Gasteiger partial charge in [0.15, 0.2) is 5.65 Å². The Balaban J connectivity index is 2.00. The first kappa shape index (κ1) is 16.3. The Labute approximate surface area is 156 Å². The monoisotopic (exact) mass is 409 g/mol. The molecule has 4 rings (SSSR count). The van der Waals surface area contributed by atoms with Crippen LogP contribution in [0.25, 0.3) is 33.5 Å². The van der Waals surface area contributed by atoms with Crippen LogP contribution in [0.1, 0.15) is 10.4 Å². The third-order valence-corrected chi connectivity index (χ3v) is 4.54. The van der Waals surface area contributed by atoms with Crippen molar-refractivity contribution in [3.8, 4) is 28.3 Å². The first-order valence-corrected chi connectivity index (χ1v) is 8.50. The van der Waals surface area contributed by atoms with Crippen molar-refractivity contribution in [1.82, 2.24) is 15.2 Å². The van der Waals surface area contributed by atoms with Crippen molar-refractivity contribution >= 4 is 32.9 Å². The van der Waals surface area contributed by atoms with Gasteiger partial charge in [-0.15, -0.1) is 0 Å². The van der Waals surface area contributed by atoms with Gasteiger partial charge >= 0.3 is 5.97 Å². The van der Waals surface area contributed by atoms with E-state index in [9.17, 15) is 15.0 Å². The molecule has 0 amide bonds. The number of nitrogens with zero attached hydrogens (tertiary/aromatic N) is 2. The number of rotatable bonds is 3. The number of H-pyrrole nitrogens is 1. The molecule has 6 nitrogen and oxygen atoms in total. The zero-order valence-electron chi connectivity index (χ0n) is 13.3. The van der Waals surface area contributed by atoms with Crippen molar-refractivity contribution in [3.63, 3.8) is 0 Å². The summed E-state index contributed by atoms with van der Waals surface area (Å²) < 4.78 is 0.746. The van der Waals surface area contributed by atoms with Gasteiger partial charge in [0.25, 0.3) is 0 Å². The van der Waals surface area contributed by atoms with Crippen LogP contribution in [0.3, 0.4) is 0 Å². The van der Waals surface area contributed by atoms with E-state index in [1.807, 2.05) is 30.3 Å². The number of hydrogen-bond acceptors (Lipinski definition) is 4. The predicted molar refractivity (Wildman–Crippen MR) is 101 cm³/mol. The highest BCUT2D eigenvalue weighted by Gasteiger charge is 2.20. The summed E-state index contributed by atoms with van der Waals surface area (Å²) in [4.78, 5) is 16.3. The van der Waals surface area contributed by atoms with Crippen molar-refractivity contribution in [1.29, 1.82) is 0 Å². The van der Waals surface area contributed by atoms with Crippen LogP contribution in [0.4, 0.5) is 0 Å². The highest BCUT2D eigenvalue weighted by molar-refractivity contribution is 9.10. The van der Waals surface area contributed by atoms with Gasteiger partial charge in [-0.05, 0) is 24.3 Å². The summed E-state index contributed by atoms with van der Waals surface area (Å²) in [7, 11) is 0. The molecule has 26 heavy (non-hydrogen) atoms. The number of carboxylic acids is 1. The van der Waals surface area contributed by atoms with Crippen LogP contribution in [-0.4, -0.2) is 31.4 Å². The maximum atomic E-state index is 11.9. The number of carbonyl (C=O) groups is 1. The van der Waals surface area contributed by atoms with E-state index in [0.29, 0.717) is 22.3 Å². The highest BCUT2D eigenvalue weighted by atomic mass is 79.9. The van der Waals surface area contributed by atoms with Gasteiger partial charge in [-0.2, -0.15) is 5.10 Å². The van der Waals surface area contributed by atoms with Crippen LogP contribution in [0.5, 0.6) is 5.75 Å². The second kappa shape index (κ2) is 6.27. The summed E-state index contributed by atoms with van der Waals surface area (Å²) >= 11 is 3.35. The number of carboxylic acid groups (broad SMARTS) is 1. The maximum Gasteiger partial charge on any atom is 0.336 e. The molecule has 0 spiro atoms. The van der Waals surface area contributed by atoms with Crippen LogP contribution < -0.4 is 0 Å². The number of halogens is 1. The zero-order chi connectivity index (χ0) is 18.3. The zero-order valence-corrected chi connectivity index (χ0v) is 14.9. The molecule has 0 unspecified atom stereocenters. The molecule has 0 saturated carbocycles. The number of hydrogen-bond donors (Lipinski definition) is 3. The number of pyridine rings is 1. The molecule has 128 valence electrons. The van der Waals surface area contributed by atoms with Crippen molar-refractivity contribution in [2.45, 2.75) is 0 Å². The lowest BCUT2D eigenvalue weighted by Gasteiger charge is -2.07. The molecule has 0 bridgehead atoms. The molecule has 2 aromatic heterocycles. The molecule has 0 atom stereocenters. The number of aromatic nitrogens is 3. The van der Waals surface area contributed by atoms with Gasteiger partial charge in [0.05, 0.1) is 22.3 Å². The number of phenols is 1. The standard InChI is InChI=1S/C19H12BrN3O3/c20-11-6-7-15(24)12(8-11)14-9-13(19(25)26)16-17(22-23-18(16)21-14)10-4-2-1-3-5-10/h1-9,24H,(H,25,26)(H,21,22,23). The summed E-state index contributed by atoms with van der Waals surface area (Å²) in [6, 6.07) is 15.7. The number of aromatic carboxylic acids is 1. The first-order chi connectivity index (χ1) is 12.5. The van der Waals surface area contributed by atoms with Crippen molar-refractivity contribution in [2.24, 2.45) is 0 Å². The van der Waals surface area contributed by atoms with E-state index in [0.717, 1.165) is 10.0 Å². The minimum atomic E-state index is -1.09. The third kappa shape index (κ3) is 2.72. The number of nitrogens with one attached hydrogen (secondary N) is 1. The van der Waals surface area contributed by atoms with Gasteiger partial charge < -0.3 is 10.2 Å². The van der Waals surface area contributed by atoms with Gasteiger partial charge in [0.1, 0.15) is 5.75 Å². The van der Waals surface area contributed by atoms with Crippen LogP contribution in [0.2, 0.25) is 0 Å². The van der Waals surface area contributed by atoms with E-state index in [-0.39, 0.29) is 17.0 Å². The summed E-state index contributed by atoms with van der Waals surface area (Å²) in [6.45, 7) is 0. The topological polar surface area (TPSA) is 99.1 Å². The van der Waals surface area contributed by atoms with Gasteiger partial charge in [-0.3, -0.25) is 5.10 Å². The van der Waals surface area contributed by atoms with E-state index in [1.54, 1.807) is 12.1 Å². The predicted octanol–water partition coefficient (Wildman–Crippen LogP) is 4.46. The molecular weight excluding hydrogens is 398 g/mol. The minimum Gasteiger partial charge on any atom is -0.507 e. The molecule has 0 aliphatic carbocycles. The maximum absolute atomic E-state index is 11.9. The molecule has 2 aromatic carbocycles. The fourth-order valence-corrected chi connectivity index (χ4v) is 3.22. The van der Waals surface area contributed by atoms with E-state index in [4.69, 9.17) is 0 Å². The Morgan fingerprint density at radius 3 is 2.58 bits per heavy atom. The molecule has 4 aromatic rings. The lowest BCUT2D eigenvalue weighted by molar-refractivity contribution is 0.0699. The van der Waals surface area contributed by atoms with E-state index in [1.165, 1.54) is 12.1 Å². The fraction of sp³-hybridized carbons (Fsp3) is 0. The summed E-state index contributed by atoms with van der Waals surface area (Å²) in [5.41, 5.74) is 2.51. The Morgan fingerprint density at radius 1 is 1.08 bits per heavy atom.